The lowest BCUT2D eigenvalue weighted by Gasteiger charge is -2.10. The molecule has 1 heterocycles. The number of aliphatic hydroxyl groups is 1. The molecule has 0 amide bonds. The van der Waals surface area contributed by atoms with Crippen LogP contribution in [0.1, 0.15) is 24.5 Å². The van der Waals surface area contributed by atoms with Gasteiger partial charge in [-0.15, -0.1) is 0 Å². The van der Waals surface area contributed by atoms with Crippen molar-refractivity contribution in [2.24, 2.45) is 0 Å². The number of nitrogens with two attached hydrogens (primary N) is 1. The molecule has 0 saturated carbocycles. The van der Waals surface area contributed by atoms with E-state index in [-0.39, 0.29) is 6.61 Å². The summed E-state index contributed by atoms with van der Waals surface area (Å²) in [4.78, 5) is 8.11. The number of ether oxygens (including phenoxy) is 1. The van der Waals surface area contributed by atoms with Gasteiger partial charge >= 0.3 is 0 Å². The lowest BCUT2D eigenvalue weighted by Crippen LogP contribution is -2.02. The Morgan fingerprint density at radius 1 is 1.21 bits per heavy atom. The minimum Gasteiger partial charge on any atom is -0.439 e. The van der Waals surface area contributed by atoms with Crippen LogP contribution < -0.4 is 10.5 Å². The summed E-state index contributed by atoms with van der Waals surface area (Å²) < 4.78 is 5.73. The molecule has 0 spiro atoms. The molecule has 0 bridgehead atoms. The quantitative estimate of drug-likeness (QED) is 0.861. The Kier molecular flexibility index (Phi) is 4.30. The fourth-order valence-corrected chi connectivity index (χ4v) is 1.76. The smallest absolute Gasteiger partial charge is 0.227 e. The van der Waals surface area contributed by atoms with Crippen LogP contribution in [0.2, 0.25) is 0 Å². The summed E-state index contributed by atoms with van der Waals surface area (Å²) in [7, 11) is 0. The van der Waals surface area contributed by atoms with Gasteiger partial charge in [-0.2, -0.15) is 0 Å². The van der Waals surface area contributed by atoms with Crippen molar-refractivity contribution in [1.82, 2.24) is 9.97 Å². The summed E-state index contributed by atoms with van der Waals surface area (Å²) in [6, 6.07) is 7.19. The summed E-state index contributed by atoms with van der Waals surface area (Å²) in [6.45, 7) is 2.08. The minimum atomic E-state index is 0.0157. The van der Waals surface area contributed by atoms with Gasteiger partial charge in [-0.1, -0.05) is 25.5 Å². The molecule has 2 aromatic rings. The molecule has 0 atom stereocenters. The topological polar surface area (TPSA) is 81.3 Å². The second kappa shape index (κ2) is 6.15. The molecule has 0 unspecified atom stereocenters. The minimum absolute atomic E-state index is 0.0157. The summed E-state index contributed by atoms with van der Waals surface area (Å²) in [5, 5.41) is 8.99. The van der Waals surface area contributed by atoms with Crippen LogP contribution in [-0.4, -0.2) is 15.1 Å². The van der Waals surface area contributed by atoms with Crippen molar-refractivity contribution in [2.75, 3.05) is 5.73 Å². The van der Waals surface area contributed by atoms with E-state index in [1.54, 1.807) is 24.3 Å². The van der Waals surface area contributed by atoms with Crippen LogP contribution in [0.25, 0.3) is 0 Å². The zero-order valence-corrected chi connectivity index (χ0v) is 10.8. The van der Waals surface area contributed by atoms with Gasteiger partial charge in [0.15, 0.2) is 0 Å². The first-order chi connectivity index (χ1) is 9.24. The number of aromatic nitrogens is 2. The summed E-state index contributed by atoms with van der Waals surface area (Å²) in [5.41, 5.74) is 7.51. The van der Waals surface area contributed by atoms with E-state index in [0.717, 1.165) is 24.0 Å². The second-order valence-corrected chi connectivity index (χ2v) is 4.20. The van der Waals surface area contributed by atoms with Gasteiger partial charge in [-0.05, 0) is 24.1 Å². The van der Waals surface area contributed by atoms with Crippen molar-refractivity contribution in [3.8, 4) is 11.6 Å². The van der Waals surface area contributed by atoms with E-state index in [1.165, 1.54) is 6.33 Å². The number of benzene rings is 1. The summed E-state index contributed by atoms with van der Waals surface area (Å²) in [6.07, 6.45) is 3.11. The Morgan fingerprint density at radius 3 is 2.58 bits per heavy atom. The Morgan fingerprint density at radius 2 is 1.95 bits per heavy atom. The maximum atomic E-state index is 8.99. The molecule has 19 heavy (non-hydrogen) atoms. The Hall–Kier alpha value is -2.14. The summed E-state index contributed by atoms with van der Waals surface area (Å²) >= 11 is 0. The monoisotopic (exact) mass is 259 g/mol. The van der Waals surface area contributed by atoms with Crippen LogP contribution in [0.4, 0.5) is 5.82 Å². The Labute approximate surface area is 112 Å². The number of hydrogen-bond donors (Lipinski definition) is 2. The van der Waals surface area contributed by atoms with Crippen LogP contribution in [0.5, 0.6) is 11.6 Å². The molecule has 100 valence electrons. The second-order valence-electron chi connectivity index (χ2n) is 4.20. The number of hydrogen-bond acceptors (Lipinski definition) is 5. The van der Waals surface area contributed by atoms with E-state index in [9.17, 15) is 0 Å². The summed E-state index contributed by atoms with van der Waals surface area (Å²) in [5.74, 6) is 1.61. The van der Waals surface area contributed by atoms with E-state index in [2.05, 4.69) is 16.9 Å². The third-order valence-corrected chi connectivity index (χ3v) is 2.76. The molecular weight excluding hydrogens is 242 g/mol. The van der Waals surface area contributed by atoms with Gasteiger partial charge < -0.3 is 15.6 Å². The van der Waals surface area contributed by atoms with Gasteiger partial charge in [-0.25, -0.2) is 9.97 Å². The zero-order valence-electron chi connectivity index (χ0n) is 10.8. The molecule has 0 saturated heterocycles. The maximum absolute atomic E-state index is 8.99. The van der Waals surface area contributed by atoms with Crippen LogP contribution in [0.15, 0.2) is 30.6 Å². The molecule has 0 fully saturated rings. The lowest BCUT2D eigenvalue weighted by molar-refractivity contribution is 0.281. The molecule has 5 nitrogen and oxygen atoms in total. The zero-order chi connectivity index (χ0) is 13.7. The number of nitrogen functional groups attached to an aromatic ring is 1. The molecule has 1 aromatic carbocycles. The van der Waals surface area contributed by atoms with E-state index in [4.69, 9.17) is 15.6 Å². The van der Waals surface area contributed by atoms with E-state index in [0.29, 0.717) is 17.4 Å². The molecule has 0 aliphatic carbocycles. The van der Waals surface area contributed by atoms with Crippen LogP contribution >= 0.6 is 0 Å². The third-order valence-electron chi connectivity index (χ3n) is 2.76. The van der Waals surface area contributed by atoms with E-state index in [1.807, 2.05) is 0 Å². The predicted molar refractivity (Wildman–Crippen MR) is 72.9 cm³/mol. The van der Waals surface area contributed by atoms with Crippen LogP contribution in [0.3, 0.4) is 0 Å². The highest BCUT2D eigenvalue weighted by atomic mass is 16.5. The normalized spacial score (nSPS) is 10.4. The van der Waals surface area contributed by atoms with Gasteiger partial charge in [0.05, 0.1) is 12.2 Å². The van der Waals surface area contributed by atoms with Gasteiger partial charge in [-0.3, -0.25) is 0 Å². The number of anilines is 1. The first-order valence-corrected chi connectivity index (χ1v) is 6.21. The molecule has 2 rings (SSSR count). The SMILES string of the molecule is CCCc1c(N)ncnc1Oc1ccc(CO)cc1. The molecule has 1 aromatic heterocycles. The maximum Gasteiger partial charge on any atom is 0.227 e. The highest BCUT2D eigenvalue weighted by Gasteiger charge is 2.10. The first-order valence-electron chi connectivity index (χ1n) is 6.21. The highest BCUT2D eigenvalue weighted by Crippen LogP contribution is 2.26. The average Bonchev–Trinajstić information content (AvgIpc) is 2.43. The molecule has 0 aliphatic heterocycles. The molecule has 5 heteroatoms. The number of rotatable bonds is 5. The lowest BCUT2D eigenvalue weighted by atomic mass is 10.2. The Balaban J connectivity index is 2.24. The standard InChI is InChI=1S/C14H17N3O2/c1-2-3-12-13(15)16-9-17-14(12)19-11-6-4-10(8-18)5-7-11/h4-7,9,18H,2-3,8H2,1H3,(H2,15,16,17). The van der Waals surface area contributed by atoms with Crippen molar-refractivity contribution < 1.29 is 9.84 Å². The van der Waals surface area contributed by atoms with Crippen molar-refractivity contribution >= 4 is 5.82 Å². The third kappa shape index (κ3) is 3.20. The fourth-order valence-electron chi connectivity index (χ4n) is 1.76. The fraction of sp³-hybridized carbons (Fsp3) is 0.286. The van der Waals surface area contributed by atoms with Crippen molar-refractivity contribution in [3.63, 3.8) is 0 Å². The van der Waals surface area contributed by atoms with Gasteiger partial charge in [0.1, 0.15) is 17.9 Å². The molecule has 0 radical (unpaired) electrons. The van der Waals surface area contributed by atoms with Crippen LogP contribution in [0, 0.1) is 0 Å². The number of nitrogens with zero attached hydrogens (tertiary/aromatic N) is 2. The number of aliphatic hydroxyl groups excluding tert-OH is 1. The first kappa shape index (κ1) is 13.3. The molecule has 3 N–H and O–H groups in total. The van der Waals surface area contributed by atoms with Crippen molar-refractivity contribution in [1.29, 1.82) is 0 Å². The van der Waals surface area contributed by atoms with Gasteiger partial charge in [0.2, 0.25) is 5.88 Å². The molecular formula is C14H17N3O2. The van der Waals surface area contributed by atoms with Gasteiger partial charge in [0, 0.05) is 0 Å². The predicted octanol–water partition coefficient (Wildman–Crippen LogP) is 2.30. The van der Waals surface area contributed by atoms with E-state index >= 15 is 0 Å². The van der Waals surface area contributed by atoms with Gasteiger partial charge in [0.25, 0.3) is 0 Å². The average molecular weight is 259 g/mol. The van der Waals surface area contributed by atoms with Crippen LogP contribution in [-0.2, 0) is 13.0 Å². The highest BCUT2D eigenvalue weighted by molar-refractivity contribution is 5.46. The van der Waals surface area contributed by atoms with Crippen molar-refractivity contribution in [3.05, 3.63) is 41.7 Å². The Bertz CT molecular complexity index is 541. The van der Waals surface area contributed by atoms with E-state index < -0.39 is 0 Å². The molecule has 0 aliphatic rings. The van der Waals surface area contributed by atoms with Crippen molar-refractivity contribution in [2.45, 2.75) is 26.4 Å². The largest absolute Gasteiger partial charge is 0.439 e.